The second-order valence-electron chi connectivity index (χ2n) is 5.74. The molecular weight excluding hydrogens is 300 g/mol. The predicted octanol–water partition coefficient (Wildman–Crippen LogP) is 3.09. The molecule has 1 amide bonds. The Morgan fingerprint density at radius 2 is 1.78 bits per heavy atom. The van der Waals surface area contributed by atoms with Gasteiger partial charge < -0.3 is 10.4 Å². The van der Waals surface area contributed by atoms with Crippen molar-refractivity contribution in [2.45, 2.75) is 25.4 Å². The van der Waals surface area contributed by atoms with Gasteiger partial charge in [-0.25, -0.2) is 8.78 Å². The van der Waals surface area contributed by atoms with E-state index in [-0.39, 0.29) is 6.54 Å². The highest BCUT2D eigenvalue weighted by Gasteiger charge is 2.26. The van der Waals surface area contributed by atoms with Crippen LogP contribution in [0, 0.1) is 11.6 Å². The van der Waals surface area contributed by atoms with Crippen LogP contribution in [0.15, 0.2) is 48.5 Å². The monoisotopic (exact) mass is 319 g/mol. The molecule has 23 heavy (non-hydrogen) atoms. The van der Waals surface area contributed by atoms with Crippen LogP contribution < -0.4 is 5.32 Å². The van der Waals surface area contributed by atoms with Gasteiger partial charge in [-0.1, -0.05) is 30.3 Å². The number of carbonyl (C=O) groups is 1. The summed E-state index contributed by atoms with van der Waals surface area (Å²) in [5.41, 5.74) is -0.567. The summed E-state index contributed by atoms with van der Waals surface area (Å²) in [6, 6.07) is 11.5. The van der Waals surface area contributed by atoms with Crippen LogP contribution >= 0.6 is 0 Å². The molecule has 0 aliphatic carbocycles. The summed E-state index contributed by atoms with van der Waals surface area (Å²) >= 11 is 0. The van der Waals surface area contributed by atoms with Crippen LogP contribution in [0.3, 0.4) is 0 Å². The summed E-state index contributed by atoms with van der Waals surface area (Å²) in [6.45, 7) is 3.06. The van der Waals surface area contributed by atoms with Gasteiger partial charge in [-0.3, -0.25) is 4.79 Å². The van der Waals surface area contributed by atoms with Crippen LogP contribution in [0.5, 0.6) is 0 Å². The predicted molar refractivity (Wildman–Crippen MR) is 83.8 cm³/mol. The first-order valence-electron chi connectivity index (χ1n) is 7.32. The van der Waals surface area contributed by atoms with Gasteiger partial charge in [-0.15, -0.1) is 0 Å². The quantitative estimate of drug-likeness (QED) is 0.890. The maximum atomic E-state index is 13.7. The minimum atomic E-state index is -1.35. The number of aliphatic hydroxyl groups is 1. The minimum absolute atomic E-state index is 0.0593. The van der Waals surface area contributed by atoms with E-state index < -0.39 is 29.1 Å². The van der Waals surface area contributed by atoms with Crippen molar-refractivity contribution in [3.8, 4) is 0 Å². The fourth-order valence-corrected chi connectivity index (χ4v) is 2.29. The SMILES string of the molecule is CC(C(=O)NCC(C)(O)c1ccc(F)cc1)c1ccccc1F. The molecule has 0 spiro atoms. The largest absolute Gasteiger partial charge is 0.384 e. The Kier molecular flexibility index (Phi) is 5.11. The lowest BCUT2D eigenvalue weighted by molar-refractivity contribution is -0.123. The number of rotatable bonds is 5. The van der Waals surface area contributed by atoms with Crippen LogP contribution in [0.1, 0.15) is 30.9 Å². The van der Waals surface area contributed by atoms with Crippen molar-refractivity contribution in [1.29, 1.82) is 0 Å². The highest BCUT2D eigenvalue weighted by molar-refractivity contribution is 5.83. The summed E-state index contributed by atoms with van der Waals surface area (Å²) in [7, 11) is 0. The molecule has 2 aromatic carbocycles. The number of benzene rings is 2. The lowest BCUT2D eigenvalue weighted by Crippen LogP contribution is -2.40. The zero-order chi connectivity index (χ0) is 17.0. The number of nitrogens with one attached hydrogen (secondary N) is 1. The van der Waals surface area contributed by atoms with Gasteiger partial charge in [0.2, 0.25) is 5.91 Å². The number of carbonyl (C=O) groups excluding carboxylic acids is 1. The maximum Gasteiger partial charge on any atom is 0.227 e. The highest BCUT2D eigenvalue weighted by atomic mass is 19.1. The topological polar surface area (TPSA) is 49.3 Å². The van der Waals surface area contributed by atoms with Crippen molar-refractivity contribution < 1.29 is 18.7 Å². The molecule has 2 aromatic rings. The average Bonchev–Trinajstić information content (AvgIpc) is 2.53. The Hall–Kier alpha value is -2.27. The van der Waals surface area contributed by atoms with Crippen LogP contribution in [-0.4, -0.2) is 17.6 Å². The molecule has 2 rings (SSSR count). The third-order valence-electron chi connectivity index (χ3n) is 3.84. The Balaban J connectivity index is 2.03. The zero-order valence-electron chi connectivity index (χ0n) is 13.0. The van der Waals surface area contributed by atoms with Gasteiger partial charge in [0.15, 0.2) is 0 Å². The maximum absolute atomic E-state index is 13.7. The van der Waals surface area contributed by atoms with E-state index >= 15 is 0 Å². The molecule has 5 heteroatoms. The summed E-state index contributed by atoms with van der Waals surface area (Å²) in [5.74, 6) is -1.92. The van der Waals surface area contributed by atoms with Crippen molar-refractivity contribution in [2.24, 2.45) is 0 Å². The summed E-state index contributed by atoms with van der Waals surface area (Å²) in [4.78, 5) is 12.2. The molecule has 0 fully saturated rings. The second kappa shape index (κ2) is 6.87. The van der Waals surface area contributed by atoms with Crippen LogP contribution in [0.2, 0.25) is 0 Å². The van der Waals surface area contributed by atoms with Crippen molar-refractivity contribution in [3.63, 3.8) is 0 Å². The van der Waals surface area contributed by atoms with Gasteiger partial charge in [0.1, 0.15) is 17.2 Å². The van der Waals surface area contributed by atoms with E-state index in [1.165, 1.54) is 37.3 Å². The molecule has 0 radical (unpaired) electrons. The smallest absolute Gasteiger partial charge is 0.227 e. The first-order chi connectivity index (χ1) is 10.8. The van der Waals surface area contributed by atoms with Crippen molar-refractivity contribution >= 4 is 5.91 Å². The Labute approximate surface area is 134 Å². The van der Waals surface area contributed by atoms with Crippen LogP contribution in [-0.2, 0) is 10.4 Å². The van der Waals surface area contributed by atoms with Gasteiger partial charge in [-0.05, 0) is 43.2 Å². The summed E-state index contributed by atoms with van der Waals surface area (Å²) in [6.07, 6.45) is 0. The van der Waals surface area contributed by atoms with Crippen molar-refractivity contribution in [2.75, 3.05) is 6.54 Å². The molecule has 0 aliphatic heterocycles. The first-order valence-corrected chi connectivity index (χ1v) is 7.32. The molecule has 0 bridgehead atoms. The number of amides is 1. The van der Waals surface area contributed by atoms with E-state index in [2.05, 4.69) is 5.32 Å². The summed E-state index contributed by atoms with van der Waals surface area (Å²) in [5, 5.41) is 13.0. The van der Waals surface area contributed by atoms with E-state index in [9.17, 15) is 18.7 Å². The molecular formula is C18H19F2NO2. The molecule has 0 saturated heterocycles. The van der Waals surface area contributed by atoms with Crippen LogP contribution in [0.4, 0.5) is 8.78 Å². The van der Waals surface area contributed by atoms with E-state index in [4.69, 9.17) is 0 Å². The van der Waals surface area contributed by atoms with Gasteiger partial charge >= 0.3 is 0 Å². The summed E-state index contributed by atoms with van der Waals surface area (Å²) < 4.78 is 26.6. The Bertz CT molecular complexity index is 684. The number of halogens is 2. The van der Waals surface area contributed by atoms with Gasteiger partial charge in [0.25, 0.3) is 0 Å². The normalized spacial score (nSPS) is 14.8. The minimum Gasteiger partial charge on any atom is -0.384 e. The van der Waals surface area contributed by atoms with Gasteiger partial charge in [0, 0.05) is 0 Å². The first kappa shape index (κ1) is 17.1. The Morgan fingerprint density at radius 3 is 2.39 bits per heavy atom. The van der Waals surface area contributed by atoms with Gasteiger partial charge in [0.05, 0.1) is 12.5 Å². The fraction of sp³-hybridized carbons (Fsp3) is 0.278. The lowest BCUT2D eigenvalue weighted by Gasteiger charge is -2.25. The van der Waals surface area contributed by atoms with E-state index in [0.717, 1.165) is 0 Å². The van der Waals surface area contributed by atoms with Crippen molar-refractivity contribution in [1.82, 2.24) is 5.32 Å². The molecule has 122 valence electrons. The third kappa shape index (κ3) is 4.13. The average molecular weight is 319 g/mol. The molecule has 0 aliphatic rings. The standard InChI is InChI=1S/C18H19F2NO2/c1-12(15-5-3-4-6-16(15)20)17(22)21-11-18(2,23)13-7-9-14(19)10-8-13/h3-10,12,23H,11H2,1-2H3,(H,21,22). The molecule has 0 aromatic heterocycles. The molecule has 3 nitrogen and oxygen atoms in total. The Morgan fingerprint density at radius 1 is 1.17 bits per heavy atom. The molecule has 0 saturated carbocycles. The molecule has 2 atom stereocenters. The zero-order valence-corrected chi connectivity index (χ0v) is 13.0. The van der Waals surface area contributed by atoms with Crippen LogP contribution in [0.25, 0.3) is 0 Å². The van der Waals surface area contributed by atoms with E-state index in [1.54, 1.807) is 25.1 Å². The lowest BCUT2D eigenvalue weighted by atomic mass is 9.95. The van der Waals surface area contributed by atoms with Crippen molar-refractivity contribution in [3.05, 3.63) is 71.3 Å². The second-order valence-corrected chi connectivity index (χ2v) is 5.74. The fourth-order valence-electron chi connectivity index (χ4n) is 2.29. The third-order valence-corrected chi connectivity index (χ3v) is 3.84. The number of hydrogen-bond acceptors (Lipinski definition) is 2. The highest BCUT2D eigenvalue weighted by Crippen LogP contribution is 2.22. The van der Waals surface area contributed by atoms with E-state index in [0.29, 0.717) is 11.1 Å². The molecule has 2 unspecified atom stereocenters. The van der Waals surface area contributed by atoms with Gasteiger partial charge in [-0.2, -0.15) is 0 Å². The molecule has 0 heterocycles. The molecule has 2 N–H and O–H groups in total. The number of hydrogen-bond donors (Lipinski definition) is 2. The van der Waals surface area contributed by atoms with E-state index in [1.807, 2.05) is 0 Å².